The molecular weight excluding hydrogens is 428 g/mol. The number of rotatable bonds is 5. The third-order valence-electron chi connectivity index (χ3n) is 4.93. The summed E-state index contributed by atoms with van der Waals surface area (Å²) < 4.78 is 28.4. The molecule has 0 spiro atoms. The van der Waals surface area contributed by atoms with Crippen molar-refractivity contribution in [1.82, 2.24) is 9.29 Å². The summed E-state index contributed by atoms with van der Waals surface area (Å²) in [4.78, 5) is 27.5. The van der Waals surface area contributed by atoms with Crippen molar-refractivity contribution in [2.75, 3.05) is 11.9 Å². The van der Waals surface area contributed by atoms with Gasteiger partial charge < -0.3 is 5.32 Å². The summed E-state index contributed by atoms with van der Waals surface area (Å²) in [6, 6.07) is 11.3. The fourth-order valence-corrected chi connectivity index (χ4v) is 5.97. The van der Waals surface area contributed by atoms with Crippen LogP contribution in [0, 0.1) is 10.1 Å². The van der Waals surface area contributed by atoms with Crippen molar-refractivity contribution in [2.24, 2.45) is 0 Å². The lowest BCUT2D eigenvalue weighted by Crippen LogP contribution is -2.49. The lowest BCUT2D eigenvalue weighted by atomic mass is 10.0. The van der Waals surface area contributed by atoms with Crippen LogP contribution in [0.25, 0.3) is 10.2 Å². The van der Waals surface area contributed by atoms with Crippen molar-refractivity contribution in [3.8, 4) is 0 Å². The number of carbonyl (C=O) groups excluding carboxylic acids is 1. The van der Waals surface area contributed by atoms with E-state index < -0.39 is 26.9 Å². The molecule has 1 N–H and O–H groups in total. The zero-order valence-corrected chi connectivity index (χ0v) is 17.4. The van der Waals surface area contributed by atoms with Gasteiger partial charge >= 0.3 is 0 Å². The smallest absolute Gasteiger partial charge is 0.269 e. The summed E-state index contributed by atoms with van der Waals surface area (Å²) in [6.07, 6.45) is 1.75. The van der Waals surface area contributed by atoms with Crippen LogP contribution < -0.4 is 5.32 Å². The molecule has 3 aromatic rings. The van der Waals surface area contributed by atoms with Crippen LogP contribution in [0.5, 0.6) is 0 Å². The van der Waals surface area contributed by atoms with Crippen LogP contribution in [0.15, 0.2) is 53.4 Å². The topological polar surface area (TPSA) is 123 Å². The lowest BCUT2D eigenvalue weighted by molar-refractivity contribution is -0.384. The van der Waals surface area contributed by atoms with Crippen LogP contribution in [0.1, 0.15) is 19.3 Å². The molecule has 4 rings (SSSR count). The first-order valence-corrected chi connectivity index (χ1v) is 11.5. The largest absolute Gasteiger partial charge is 0.301 e. The Morgan fingerprint density at radius 1 is 1.17 bits per heavy atom. The number of nitrogens with one attached hydrogen (secondary N) is 1. The summed E-state index contributed by atoms with van der Waals surface area (Å²) in [5.41, 5.74) is 0.564. The minimum Gasteiger partial charge on any atom is -0.301 e. The van der Waals surface area contributed by atoms with Gasteiger partial charge in [0.15, 0.2) is 5.13 Å². The van der Waals surface area contributed by atoms with E-state index in [1.165, 1.54) is 27.8 Å². The molecule has 11 heteroatoms. The number of thiazole rings is 1. The number of anilines is 1. The Kier molecular flexibility index (Phi) is 5.50. The fraction of sp³-hybridized carbons (Fsp3) is 0.263. The van der Waals surface area contributed by atoms with Crippen molar-refractivity contribution in [1.29, 1.82) is 0 Å². The molecule has 0 unspecified atom stereocenters. The van der Waals surface area contributed by atoms with Gasteiger partial charge in [0, 0.05) is 18.7 Å². The normalized spacial score (nSPS) is 17.7. The summed E-state index contributed by atoms with van der Waals surface area (Å²) in [5.74, 6) is -0.431. The molecule has 0 aliphatic carbocycles. The Morgan fingerprint density at radius 3 is 2.60 bits per heavy atom. The standard InChI is InChI=1S/C19H18N4O5S2/c24-18(21-19-20-15-5-1-2-7-17(15)29-19)16-6-3-4-12-22(16)30(27,28)14-10-8-13(9-11-14)23(25)26/h1-2,5,7-11,16H,3-4,6,12H2,(H,20,21,24)/t16-/m1/s1. The van der Waals surface area contributed by atoms with E-state index in [0.717, 1.165) is 28.8 Å². The number of non-ortho nitro benzene ring substituents is 1. The van der Waals surface area contributed by atoms with E-state index in [9.17, 15) is 23.3 Å². The molecule has 2 aromatic carbocycles. The molecule has 30 heavy (non-hydrogen) atoms. The molecular formula is C19H18N4O5S2. The molecule has 0 saturated carbocycles. The van der Waals surface area contributed by atoms with E-state index >= 15 is 0 Å². The van der Waals surface area contributed by atoms with Crippen LogP contribution in [0.2, 0.25) is 0 Å². The Hall–Kier alpha value is -2.89. The Morgan fingerprint density at radius 2 is 1.90 bits per heavy atom. The lowest BCUT2D eigenvalue weighted by Gasteiger charge is -2.33. The van der Waals surface area contributed by atoms with E-state index in [4.69, 9.17) is 0 Å². The van der Waals surface area contributed by atoms with Gasteiger partial charge in [0.25, 0.3) is 5.69 Å². The molecule has 1 amide bonds. The third-order valence-corrected chi connectivity index (χ3v) is 7.81. The summed E-state index contributed by atoms with van der Waals surface area (Å²) in [6.45, 7) is 0.206. The first-order valence-electron chi connectivity index (χ1n) is 9.29. The second kappa shape index (κ2) is 8.09. The predicted octanol–water partition coefficient (Wildman–Crippen LogP) is 3.39. The number of benzene rings is 2. The fourth-order valence-electron chi connectivity index (χ4n) is 3.44. The highest BCUT2D eigenvalue weighted by Crippen LogP contribution is 2.29. The first kappa shape index (κ1) is 20.4. The highest BCUT2D eigenvalue weighted by atomic mass is 32.2. The van der Waals surface area contributed by atoms with Crippen LogP contribution in [-0.4, -0.2) is 41.1 Å². The number of carbonyl (C=O) groups is 1. The molecule has 1 aliphatic rings. The van der Waals surface area contributed by atoms with E-state index in [-0.39, 0.29) is 17.1 Å². The zero-order chi connectivity index (χ0) is 21.3. The number of sulfonamides is 1. The van der Waals surface area contributed by atoms with Gasteiger partial charge in [0.2, 0.25) is 15.9 Å². The van der Waals surface area contributed by atoms with Gasteiger partial charge in [0.05, 0.1) is 20.0 Å². The first-order chi connectivity index (χ1) is 14.4. The van der Waals surface area contributed by atoms with Crippen molar-refractivity contribution in [3.63, 3.8) is 0 Å². The van der Waals surface area contributed by atoms with Crippen LogP contribution in [0.4, 0.5) is 10.8 Å². The molecule has 2 heterocycles. The number of piperidine rings is 1. The number of fused-ring (bicyclic) bond motifs is 1. The number of hydrogen-bond donors (Lipinski definition) is 1. The second-order valence-electron chi connectivity index (χ2n) is 6.85. The number of nitrogens with zero attached hydrogens (tertiary/aromatic N) is 3. The van der Waals surface area contributed by atoms with Gasteiger partial charge in [-0.1, -0.05) is 29.9 Å². The average Bonchev–Trinajstić information content (AvgIpc) is 3.16. The predicted molar refractivity (Wildman–Crippen MR) is 113 cm³/mol. The zero-order valence-electron chi connectivity index (χ0n) is 15.7. The molecule has 1 saturated heterocycles. The molecule has 1 atom stereocenters. The van der Waals surface area contributed by atoms with E-state index in [0.29, 0.717) is 18.0 Å². The molecule has 9 nitrogen and oxygen atoms in total. The number of amides is 1. The van der Waals surface area contributed by atoms with Crippen molar-refractivity contribution in [2.45, 2.75) is 30.2 Å². The van der Waals surface area contributed by atoms with Crippen LogP contribution >= 0.6 is 11.3 Å². The SMILES string of the molecule is O=C(Nc1nc2ccccc2s1)[C@H]1CCCCN1S(=O)(=O)c1ccc([N+](=O)[O-])cc1. The Bertz CT molecular complexity index is 1170. The summed E-state index contributed by atoms with van der Waals surface area (Å²) >= 11 is 1.32. The molecule has 1 aliphatic heterocycles. The molecule has 1 aromatic heterocycles. The molecule has 0 bridgehead atoms. The van der Waals surface area contributed by atoms with Crippen molar-refractivity contribution >= 4 is 48.3 Å². The number of nitro groups is 1. The van der Waals surface area contributed by atoms with Gasteiger partial charge in [-0.15, -0.1) is 0 Å². The van der Waals surface area contributed by atoms with Gasteiger partial charge in [-0.05, 0) is 37.1 Å². The molecule has 1 fully saturated rings. The van der Waals surface area contributed by atoms with E-state index in [1.807, 2.05) is 24.3 Å². The van der Waals surface area contributed by atoms with Crippen molar-refractivity contribution < 1.29 is 18.1 Å². The van der Waals surface area contributed by atoms with Gasteiger partial charge in [-0.2, -0.15) is 4.31 Å². The average molecular weight is 447 g/mol. The van der Waals surface area contributed by atoms with E-state index in [1.54, 1.807) is 0 Å². The number of para-hydroxylation sites is 1. The van der Waals surface area contributed by atoms with Gasteiger partial charge in [-0.3, -0.25) is 14.9 Å². The minimum absolute atomic E-state index is 0.0761. The number of nitro benzene ring substituents is 1. The second-order valence-corrected chi connectivity index (χ2v) is 9.78. The maximum atomic E-state index is 13.1. The quantitative estimate of drug-likeness (QED) is 0.473. The van der Waals surface area contributed by atoms with Crippen molar-refractivity contribution in [3.05, 3.63) is 58.6 Å². The van der Waals surface area contributed by atoms with Gasteiger partial charge in [0.1, 0.15) is 6.04 Å². The summed E-state index contributed by atoms with van der Waals surface area (Å²) in [5, 5.41) is 14.0. The van der Waals surface area contributed by atoms with Crippen LogP contribution in [0.3, 0.4) is 0 Å². The monoisotopic (exact) mass is 446 g/mol. The third kappa shape index (κ3) is 3.91. The Labute approximate surface area is 176 Å². The van der Waals surface area contributed by atoms with Gasteiger partial charge in [-0.25, -0.2) is 13.4 Å². The summed E-state index contributed by atoms with van der Waals surface area (Å²) in [7, 11) is -3.98. The number of aromatic nitrogens is 1. The molecule has 156 valence electrons. The number of hydrogen-bond acceptors (Lipinski definition) is 7. The maximum Gasteiger partial charge on any atom is 0.269 e. The minimum atomic E-state index is -3.98. The highest BCUT2D eigenvalue weighted by Gasteiger charge is 2.38. The highest BCUT2D eigenvalue weighted by molar-refractivity contribution is 7.89. The van der Waals surface area contributed by atoms with Crippen LogP contribution in [-0.2, 0) is 14.8 Å². The van der Waals surface area contributed by atoms with E-state index in [2.05, 4.69) is 10.3 Å². The molecule has 0 radical (unpaired) electrons. The maximum absolute atomic E-state index is 13.1. The Balaban J connectivity index is 1.58.